The summed E-state index contributed by atoms with van der Waals surface area (Å²) in [6.07, 6.45) is -4.33. The van der Waals surface area contributed by atoms with Gasteiger partial charge in [0.25, 0.3) is 0 Å². The molecule has 0 radical (unpaired) electrons. The summed E-state index contributed by atoms with van der Waals surface area (Å²) in [5.74, 6) is 0. The molecule has 178 valence electrons. The van der Waals surface area contributed by atoms with E-state index in [0.717, 1.165) is 0 Å². The largest absolute Gasteiger partial charge is 0.433 e. The van der Waals surface area contributed by atoms with Crippen molar-refractivity contribution in [3.8, 4) is 6.07 Å². The van der Waals surface area contributed by atoms with E-state index in [4.69, 9.17) is 5.26 Å². The highest BCUT2D eigenvalue weighted by atomic mass is 32.2. The molecule has 1 aromatic carbocycles. The number of pyridine rings is 1. The van der Waals surface area contributed by atoms with Gasteiger partial charge in [-0.3, -0.25) is 4.98 Å². The van der Waals surface area contributed by atoms with E-state index in [-0.39, 0.29) is 16.0 Å². The maximum absolute atomic E-state index is 13.1. The minimum absolute atomic E-state index is 0.204. The number of sulfonamides is 1. The summed E-state index contributed by atoms with van der Waals surface area (Å²) >= 11 is 0. The van der Waals surface area contributed by atoms with Gasteiger partial charge in [-0.25, -0.2) is 16.8 Å². The van der Waals surface area contributed by atoms with E-state index in [1.54, 1.807) is 0 Å². The molecule has 0 amide bonds. The van der Waals surface area contributed by atoms with Crippen LogP contribution in [0.2, 0.25) is 0 Å². The highest BCUT2D eigenvalue weighted by Gasteiger charge is 2.55. The van der Waals surface area contributed by atoms with Gasteiger partial charge >= 0.3 is 6.18 Å². The first-order valence-electron chi connectivity index (χ1n) is 9.28. The highest BCUT2D eigenvalue weighted by molar-refractivity contribution is 7.92. The fourth-order valence-electron chi connectivity index (χ4n) is 3.58. The smallest absolute Gasteiger partial charge is 0.393 e. The Hall–Kier alpha value is -2.57. The Morgan fingerprint density at radius 2 is 1.91 bits per heavy atom. The number of aliphatic hydroxyl groups excluding tert-OH is 1. The van der Waals surface area contributed by atoms with Gasteiger partial charge < -0.3 is 10.2 Å². The van der Waals surface area contributed by atoms with Crippen LogP contribution in [0, 0.1) is 18.3 Å². The van der Waals surface area contributed by atoms with Crippen LogP contribution in [-0.2, 0) is 26.0 Å². The summed E-state index contributed by atoms with van der Waals surface area (Å²) in [6.45, 7) is -1.22. The number of β-amino-alcohol motifs (C(OH)–C–C–N with tert-alkyl or cyclic N) is 1. The van der Waals surface area contributed by atoms with Gasteiger partial charge in [0, 0.05) is 19.3 Å². The van der Waals surface area contributed by atoms with Crippen molar-refractivity contribution < 1.29 is 40.2 Å². The van der Waals surface area contributed by atoms with Crippen LogP contribution in [0.25, 0.3) is 0 Å². The number of nitrogens with zero attached hydrogens (tertiary/aromatic N) is 3. The second kappa shape index (κ2) is 8.33. The second-order valence-corrected chi connectivity index (χ2v) is 11.6. The maximum Gasteiger partial charge on any atom is 0.433 e. The molecular formula is C19H18F3N3O6S2. The third-order valence-corrected chi connectivity index (χ3v) is 9.55. The molecule has 0 unspecified atom stereocenters. The number of hydrogen-bond acceptors (Lipinski definition) is 8. The van der Waals surface area contributed by atoms with Crippen LogP contribution in [-0.4, -0.2) is 66.9 Å². The Morgan fingerprint density at radius 1 is 1.24 bits per heavy atom. The fourth-order valence-corrected chi connectivity index (χ4v) is 7.28. The van der Waals surface area contributed by atoms with Crippen LogP contribution in [0.4, 0.5) is 13.2 Å². The van der Waals surface area contributed by atoms with E-state index in [2.05, 4.69) is 4.98 Å². The zero-order valence-corrected chi connectivity index (χ0v) is 18.6. The van der Waals surface area contributed by atoms with Crippen molar-refractivity contribution in [1.29, 1.82) is 5.26 Å². The van der Waals surface area contributed by atoms with Gasteiger partial charge in [-0.15, -0.1) is 0 Å². The first kappa shape index (κ1) is 25.1. The maximum atomic E-state index is 13.1. The lowest BCUT2D eigenvalue weighted by atomic mass is 10.1. The molecule has 14 heteroatoms. The molecule has 0 spiro atoms. The van der Waals surface area contributed by atoms with Crippen LogP contribution in [0.5, 0.6) is 0 Å². The normalized spacial score (nSPS) is 22.3. The average molecular weight is 505 g/mol. The number of sulfone groups is 1. The number of nitriles is 1. The number of halogens is 3. The Kier molecular flexibility index (Phi) is 6.33. The summed E-state index contributed by atoms with van der Waals surface area (Å²) in [6, 6.07) is 6.72. The molecule has 2 N–H and O–H groups in total. The standard InChI is InChI=1S/C19H18F3N3O6S2/c1-12-6-13(7-23)2-4-15(12)33(30,31)25-9-17(18(27,10-25)11-26)32(28,29)14-3-5-16(24-8-14)19(20,21)22/h2-6,8,17,26-27H,9-11H2,1H3/t17-,18+/m0/s1. The van der Waals surface area contributed by atoms with Gasteiger partial charge in [0.2, 0.25) is 10.0 Å². The summed E-state index contributed by atoms with van der Waals surface area (Å²) in [7, 11) is -8.96. The number of aliphatic hydroxyl groups is 2. The number of aromatic nitrogens is 1. The molecule has 33 heavy (non-hydrogen) atoms. The Labute approximate surface area is 187 Å². The number of hydrogen-bond donors (Lipinski definition) is 2. The minimum Gasteiger partial charge on any atom is -0.393 e. The quantitative estimate of drug-likeness (QED) is 0.608. The Balaban J connectivity index is 2.00. The van der Waals surface area contributed by atoms with Crippen molar-refractivity contribution in [3.05, 3.63) is 53.3 Å². The van der Waals surface area contributed by atoms with Crippen molar-refractivity contribution in [2.45, 2.75) is 33.7 Å². The topological polar surface area (TPSA) is 149 Å². The van der Waals surface area contributed by atoms with E-state index in [9.17, 15) is 40.2 Å². The molecule has 0 aliphatic carbocycles. The SMILES string of the molecule is Cc1cc(C#N)ccc1S(=O)(=O)N1C[C@H](S(=O)(=O)c2ccc(C(F)(F)F)nc2)[C@](O)(CO)C1. The van der Waals surface area contributed by atoms with Crippen molar-refractivity contribution in [3.63, 3.8) is 0 Å². The number of rotatable bonds is 5. The monoisotopic (exact) mass is 505 g/mol. The summed E-state index contributed by atoms with van der Waals surface area (Å²) < 4.78 is 91.3. The van der Waals surface area contributed by atoms with Gasteiger partial charge in [0.1, 0.15) is 16.5 Å². The fraction of sp³-hybridized carbons (Fsp3) is 0.368. The molecule has 1 aromatic heterocycles. The van der Waals surface area contributed by atoms with E-state index < -0.39 is 67.2 Å². The molecule has 2 atom stereocenters. The lowest BCUT2D eigenvalue weighted by Gasteiger charge is -2.26. The molecule has 3 rings (SSSR count). The second-order valence-electron chi connectivity index (χ2n) is 7.56. The van der Waals surface area contributed by atoms with Crippen LogP contribution in [0.3, 0.4) is 0 Å². The molecule has 0 bridgehead atoms. The van der Waals surface area contributed by atoms with Gasteiger partial charge in [-0.1, -0.05) is 0 Å². The number of aryl methyl sites for hydroxylation is 1. The molecule has 1 aliphatic rings. The first-order valence-corrected chi connectivity index (χ1v) is 12.3. The van der Waals surface area contributed by atoms with Crippen molar-refractivity contribution in [1.82, 2.24) is 9.29 Å². The van der Waals surface area contributed by atoms with Crippen LogP contribution >= 0.6 is 0 Å². The Morgan fingerprint density at radius 3 is 2.39 bits per heavy atom. The van der Waals surface area contributed by atoms with E-state index in [1.165, 1.54) is 25.1 Å². The zero-order valence-electron chi connectivity index (χ0n) is 17.0. The average Bonchev–Trinajstić information content (AvgIpc) is 3.12. The first-order chi connectivity index (χ1) is 15.2. The number of benzene rings is 1. The summed E-state index contributed by atoms with van der Waals surface area (Å²) in [5, 5.41) is 27.6. The molecule has 2 aromatic rings. The van der Waals surface area contributed by atoms with Gasteiger partial charge in [0.05, 0.1) is 28.0 Å². The zero-order chi connectivity index (χ0) is 24.8. The molecule has 0 saturated carbocycles. The van der Waals surface area contributed by atoms with Crippen LogP contribution < -0.4 is 0 Å². The lowest BCUT2D eigenvalue weighted by molar-refractivity contribution is -0.141. The third-order valence-electron chi connectivity index (χ3n) is 5.34. The predicted octanol–water partition coefficient (Wildman–Crippen LogP) is 0.851. The summed E-state index contributed by atoms with van der Waals surface area (Å²) in [4.78, 5) is 2.21. The molecule has 9 nitrogen and oxygen atoms in total. The minimum atomic E-state index is -4.80. The molecule has 1 saturated heterocycles. The van der Waals surface area contributed by atoms with Crippen molar-refractivity contribution >= 4 is 19.9 Å². The van der Waals surface area contributed by atoms with Gasteiger partial charge in [-0.05, 0) is 42.8 Å². The molecule has 2 heterocycles. The van der Waals surface area contributed by atoms with E-state index in [1.807, 2.05) is 6.07 Å². The lowest BCUT2D eigenvalue weighted by Crippen LogP contribution is -2.49. The van der Waals surface area contributed by atoms with Gasteiger partial charge in [-0.2, -0.15) is 22.7 Å². The van der Waals surface area contributed by atoms with E-state index >= 15 is 0 Å². The Bertz CT molecular complexity index is 1320. The van der Waals surface area contributed by atoms with E-state index in [0.29, 0.717) is 22.6 Å². The van der Waals surface area contributed by atoms with Gasteiger partial charge in [0.15, 0.2) is 9.84 Å². The van der Waals surface area contributed by atoms with Crippen molar-refractivity contribution in [2.24, 2.45) is 0 Å². The molecule has 1 fully saturated rings. The molecule has 1 aliphatic heterocycles. The van der Waals surface area contributed by atoms with Crippen LogP contribution in [0.1, 0.15) is 16.8 Å². The van der Waals surface area contributed by atoms with Crippen LogP contribution in [0.15, 0.2) is 46.3 Å². The predicted molar refractivity (Wildman–Crippen MR) is 107 cm³/mol. The van der Waals surface area contributed by atoms with Crippen molar-refractivity contribution in [2.75, 3.05) is 19.7 Å². The summed E-state index contributed by atoms with van der Waals surface area (Å²) in [5.41, 5.74) is -3.34. The molecular weight excluding hydrogens is 487 g/mol. The number of alkyl halides is 3. The highest BCUT2D eigenvalue weighted by Crippen LogP contribution is 2.36. The third kappa shape index (κ3) is 4.46.